The Morgan fingerprint density at radius 3 is 2.58 bits per heavy atom. The van der Waals surface area contributed by atoms with Gasteiger partial charge in [-0.3, -0.25) is 0 Å². The molecule has 0 bridgehead atoms. The van der Waals surface area contributed by atoms with Crippen molar-refractivity contribution >= 4 is 15.7 Å². The number of benzene rings is 1. The highest BCUT2D eigenvalue weighted by Crippen LogP contribution is 2.36. The van der Waals surface area contributed by atoms with E-state index in [4.69, 9.17) is 5.73 Å². The van der Waals surface area contributed by atoms with Gasteiger partial charge in [0.15, 0.2) is 0 Å². The number of hydrogen-bond acceptors (Lipinski definition) is 3. The maximum Gasteiger partial charge on any atom is 0.240 e. The third kappa shape index (κ3) is 3.28. The van der Waals surface area contributed by atoms with Crippen LogP contribution >= 0.6 is 0 Å². The molecule has 1 atom stereocenters. The van der Waals surface area contributed by atoms with E-state index in [1.165, 1.54) is 12.8 Å². The lowest BCUT2D eigenvalue weighted by atomic mass is 10.1. The van der Waals surface area contributed by atoms with Crippen molar-refractivity contribution in [2.75, 3.05) is 12.3 Å². The fraction of sp³-hybridized carbons (Fsp3) is 0.571. The van der Waals surface area contributed by atoms with E-state index >= 15 is 0 Å². The minimum Gasteiger partial charge on any atom is -0.398 e. The topological polar surface area (TPSA) is 72.2 Å². The van der Waals surface area contributed by atoms with E-state index in [2.05, 4.69) is 11.6 Å². The second-order valence-corrected chi connectivity index (χ2v) is 7.38. The molecule has 0 aliphatic heterocycles. The van der Waals surface area contributed by atoms with Crippen LogP contribution in [0.15, 0.2) is 17.0 Å². The lowest BCUT2D eigenvalue weighted by Gasteiger charge is -2.15. The summed E-state index contributed by atoms with van der Waals surface area (Å²) >= 11 is 0. The molecule has 1 aliphatic carbocycles. The van der Waals surface area contributed by atoms with Gasteiger partial charge >= 0.3 is 0 Å². The van der Waals surface area contributed by atoms with E-state index in [1.807, 2.05) is 6.92 Å². The number of aryl methyl sites for hydroxylation is 1. The number of nitrogen functional groups attached to an aromatic ring is 1. The molecular weight excluding hydrogens is 260 g/mol. The molecule has 4 nitrogen and oxygen atoms in total. The summed E-state index contributed by atoms with van der Waals surface area (Å²) in [5, 5.41) is 0. The van der Waals surface area contributed by atoms with Crippen LogP contribution in [-0.4, -0.2) is 15.0 Å². The molecule has 1 saturated carbocycles. The van der Waals surface area contributed by atoms with Crippen molar-refractivity contribution in [2.24, 2.45) is 11.8 Å². The van der Waals surface area contributed by atoms with Gasteiger partial charge in [0.25, 0.3) is 0 Å². The van der Waals surface area contributed by atoms with Crippen molar-refractivity contribution in [3.05, 3.63) is 23.3 Å². The Bertz CT molecular complexity index is 577. The second kappa shape index (κ2) is 5.13. The van der Waals surface area contributed by atoms with Gasteiger partial charge < -0.3 is 5.73 Å². The van der Waals surface area contributed by atoms with Crippen LogP contribution in [0, 0.1) is 25.7 Å². The molecule has 0 saturated heterocycles. The van der Waals surface area contributed by atoms with E-state index in [0.29, 0.717) is 34.5 Å². The molecule has 2 rings (SSSR count). The van der Waals surface area contributed by atoms with Crippen LogP contribution in [0.4, 0.5) is 5.69 Å². The van der Waals surface area contributed by atoms with Crippen LogP contribution in [0.3, 0.4) is 0 Å². The molecule has 5 heteroatoms. The van der Waals surface area contributed by atoms with Gasteiger partial charge in [0.05, 0.1) is 4.90 Å². The van der Waals surface area contributed by atoms with Crippen LogP contribution in [0.5, 0.6) is 0 Å². The molecule has 0 aromatic heterocycles. The molecule has 0 radical (unpaired) electrons. The molecule has 0 heterocycles. The Morgan fingerprint density at radius 1 is 1.37 bits per heavy atom. The van der Waals surface area contributed by atoms with E-state index in [9.17, 15) is 8.42 Å². The number of rotatable bonds is 5. The number of nitrogens with two attached hydrogens (primary N) is 1. The molecule has 0 amide bonds. The van der Waals surface area contributed by atoms with Crippen LogP contribution in [0.1, 0.15) is 30.9 Å². The van der Waals surface area contributed by atoms with Crippen molar-refractivity contribution in [1.82, 2.24) is 4.72 Å². The number of nitrogens with one attached hydrogen (secondary N) is 1. The predicted molar refractivity (Wildman–Crippen MR) is 77.4 cm³/mol. The van der Waals surface area contributed by atoms with E-state index in [-0.39, 0.29) is 0 Å². The van der Waals surface area contributed by atoms with Crippen LogP contribution < -0.4 is 10.5 Å². The van der Waals surface area contributed by atoms with Gasteiger partial charge in [0.1, 0.15) is 0 Å². The highest BCUT2D eigenvalue weighted by molar-refractivity contribution is 7.89. The molecule has 0 spiro atoms. The van der Waals surface area contributed by atoms with Gasteiger partial charge in [-0.25, -0.2) is 13.1 Å². The van der Waals surface area contributed by atoms with Gasteiger partial charge in [-0.15, -0.1) is 0 Å². The number of anilines is 1. The highest BCUT2D eigenvalue weighted by Gasteiger charge is 2.29. The van der Waals surface area contributed by atoms with E-state index in [0.717, 1.165) is 5.56 Å². The van der Waals surface area contributed by atoms with Crippen molar-refractivity contribution in [1.29, 1.82) is 0 Å². The molecule has 1 fully saturated rings. The van der Waals surface area contributed by atoms with Crippen LogP contribution in [0.25, 0.3) is 0 Å². The second-order valence-electron chi connectivity index (χ2n) is 5.64. The average molecular weight is 282 g/mol. The SMILES string of the molecule is Cc1cc(N)c(C)c(S(=O)(=O)NCC(C)C2CC2)c1. The molecule has 1 aromatic carbocycles. The predicted octanol–water partition coefficient (Wildman–Crippen LogP) is 2.21. The van der Waals surface area contributed by atoms with Gasteiger partial charge in [-0.1, -0.05) is 6.92 Å². The van der Waals surface area contributed by atoms with E-state index < -0.39 is 10.0 Å². The smallest absolute Gasteiger partial charge is 0.240 e. The average Bonchev–Trinajstić information content (AvgIpc) is 3.14. The maximum absolute atomic E-state index is 12.3. The summed E-state index contributed by atoms with van der Waals surface area (Å²) in [5.41, 5.74) is 7.85. The minimum atomic E-state index is -3.47. The van der Waals surface area contributed by atoms with Crippen molar-refractivity contribution in [3.63, 3.8) is 0 Å². The standard InChI is InChI=1S/C14H22N2O2S/c1-9-6-13(15)11(3)14(7-9)19(17,18)16-8-10(2)12-4-5-12/h6-7,10,12,16H,4-5,8,15H2,1-3H3. The molecule has 106 valence electrons. The summed E-state index contributed by atoms with van der Waals surface area (Å²) < 4.78 is 27.4. The maximum atomic E-state index is 12.3. The monoisotopic (exact) mass is 282 g/mol. The summed E-state index contributed by atoms with van der Waals surface area (Å²) in [6, 6.07) is 3.47. The summed E-state index contributed by atoms with van der Waals surface area (Å²) in [4.78, 5) is 0.299. The Labute approximate surface area is 115 Å². The Morgan fingerprint density at radius 2 is 2.00 bits per heavy atom. The minimum absolute atomic E-state index is 0.299. The summed E-state index contributed by atoms with van der Waals surface area (Å²) in [6.07, 6.45) is 2.44. The third-order valence-corrected chi connectivity index (χ3v) is 5.41. The Balaban J connectivity index is 2.19. The van der Waals surface area contributed by atoms with Crippen molar-refractivity contribution in [3.8, 4) is 0 Å². The number of sulfonamides is 1. The summed E-state index contributed by atoms with van der Waals surface area (Å²) in [6.45, 7) is 6.19. The van der Waals surface area contributed by atoms with Gasteiger partial charge in [0.2, 0.25) is 10.0 Å². The Kier molecular flexibility index (Phi) is 3.87. The molecule has 19 heavy (non-hydrogen) atoms. The lowest BCUT2D eigenvalue weighted by Crippen LogP contribution is -2.29. The first-order chi connectivity index (χ1) is 8.81. The highest BCUT2D eigenvalue weighted by atomic mass is 32.2. The molecule has 3 N–H and O–H groups in total. The van der Waals surface area contributed by atoms with Crippen molar-refractivity contribution < 1.29 is 8.42 Å². The van der Waals surface area contributed by atoms with Gasteiger partial charge in [-0.2, -0.15) is 0 Å². The normalized spacial score (nSPS) is 17.4. The fourth-order valence-electron chi connectivity index (χ4n) is 2.28. The first-order valence-corrected chi connectivity index (χ1v) is 8.16. The van der Waals surface area contributed by atoms with Crippen molar-refractivity contribution in [2.45, 2.75) is 38.5 Å². The van der Waals surface area contributed by atoms with Gasteiger partial charge in [-0.05, 0) is 61.8 Å². The van der Waals surface area contributed by atoms with Crippen LogP contribution in [-0.2, 0) is 10.0 Å². The Hall–Kier alpha value is -1.07. The summed E-state index contributed by atoms with van der Waals surface area (Å²) in [7, 11) is -3.47. The zero-order valence-corrected chi connectivity index (χ0v) is 12.5. The largest absolute Gasteiger partial charge is 0.398 e. The first kappa shape index (κ1) is 14.3. The third-order valence-electron chi connectivity index (χ3n) is 3.86. The van der Waals surface area contributed by atoms with Crippen LogP contribution in [0.2, 0.25) is 0 Å². The quantitative estimate of drug-likeness (QED) is 0.813. The lowest BCUT2D eigenvalue weighted by molar-refractivity contribution is 0.491. The van der Waals surface area contributed by atoms with E-state index in [1.54, 1.807) is 19.1 Å². The summed E-state index contributed by atoms with van der Waals surface area (Å²) in [5.74, 6) is 1.09. The fourth-order valence-corrected chi connectivity index (χ4v) is 3.78. The zero-order chi connectivity index (χ0) is 14.2. The number of hydrogen-bond donors (Lipinski definition) is 2. The molecular formula is C14H22N2O2S. The molecule has 1 unspecified atom stereocenters. The van der Waals surface area contributed by atoms with Gasteiger partial charge in [0, 0.05) is 12.2 Å². The zero-order valence-electron chi connectivity index (χ0n) is 11.7. The first-order valence-electron chi connectivity index (χ1n) is 6.67. The molecule has 1 aliphatic rings. The molecule has 1 aromatic rings.